The fourth-order valence-electron chi connectivity index (χ4n) is 2.21. The minimum absolute atomic E-state index is 0. The number of hydrogen-bond acceptors (Lipinski definition) is 5. The number of piperidine rings is 1. The molecule has 0 unspecified atom stereocenters. The molecule has 1 aromatic heterocycles. The standard InChI is InChI=1S/C14H17N3S2.ClH/c1-10-3-2-4-11(9-10)13-16-17-14(19-13)18-12-5-7-15-8-6-12;/h2-4,9,12,15H,5-8H2,1H3;1H. The molecule has 0 aliphatic carbocycles. The van der Waals surface area contributed by atoms with Gasteiger partial charge in [-0.1, -0.05) is 46.9 Å². The van der Waals surface area contributed by atoms with Crippen molar-refractivity contribution in [2.75, 3.05) is 13.1 Å². The highest BCUT2D eigenvalue weighted by Gasteiger charge is 2.17. The molecule has 1 saturated heterocycles. The van der Waals surface area contributed by atoms with Gasteiger partial charge in [-0.05, 0) is 38.9 Å². The Bertz CT molecular complexity index is 553. The quantitative estimate of drug-likeness (QED) is 0.931. The van der Waals surface area contributed by atoms with Crippen LogP contribution in [0.5, 0.6) is 0 Å². The van der Waals surface area contributed by atoms with E-state index in [1.165, 1.54) is 24.0 Å². The predicted molar refractivity (Wildman–Crippen MR) is 89.1 cm³/mol. The Morgan fingerprint density at radius 2 is 2.05 bits per heavy atom. The molecule has 3 nitrogen and oxygen atoms in total. The topological polar surface area (TPSA) is 37.8 Å². The normalized spacial score (nSPS) is 15.8. The number of rotatable bonds is 3. The van der Waals surface area contributed by atoms with Crippen molar-refractivity contribution in [2.45, 2.75) is 29.4 Å². The van der Waals surface area contributed by atoms with E-state index in [2.05, 4.69) is 46.7 Å². The van der Waals surface area contributed by atoms with Gasteiger partial charge in [-0.2, -0.15) is 0 Å². The number of hydrogen-bond donors (Lipinski definition) is 1. The van der Waals surface area contributed by atoms with Crippen molar-refractivity contribution in [3.8, 4) is 10.6 Å². The predicted octanol–water partition coefficient (Wildman–Crippen LogP) is 3.78. The summed E-state index contributed by atoms with van der Waals surface area (Å²) in [5.74, 6) is 0. The number of thioether (sulfide) groups is 1. The van der Waals surface area contributed by atoms with Crippen LogP contribution in [0.15, 0.2) is 28.6 Å². The third-order valence-corrected chi connectivity index (χ3v) is 5.62. The van der Waals surface area contributed by atoms with Gasteiger partial charge in [0.1, 0.15) is 5.01 Å². The molecule has 20 heavy (non-hydrogen) atoms. The van der Waals surface area contributed by atoms with E-state index in [0.717, 1.165) is 22.4 Å². The minimum Gasteiger partial charge on any atom is -0.317 e. The lowest BCUT2D eigenvalue weighted by atomic mass is 10.1. The molecule has 0 bridgehead atoms. The van der Waals surface area contributed by atoms with Gasteiger partial charge >= 0.3 is 0 Å². The van der Waals surface area contributed by atoms with Crippen LogP contribution in [0.25, 0.3) is 10.6 Å². The van der Waals surface area contributed by atoms with Crippen LogP contribution in [-0.4, -0.2) is 28.5 Å². The number of benzene rings is 1. The first-order chi connectivity index (χ1) is 9.31. The maximum atomic E-state index is 4.33. The highest BCUT2D eigenvalue weighted by atomic mass is 35.5. The highest BCUT2D eigenvalue weighted by Crippen LogP contribution is 2.34. The average Bonchev–Trinajstić information content (AvgIpc) is 2.88. The maximum Gasteiger partial charge on any atom is 0.174 e. The number of halogens is 1. The molecule has 1 aromatic carbocycles. The molecule has 1 fully saturated rings. The second-order valence-electron chi connectivity index (χ2n) is 4.81. The fourth-order valence-corrected chi connectivity index (χ4v) is 4.46. The van der Waals surface area contributed by atoms with Gasteiger partial charge in [-0.3, -0.25) is 0 Å². The lowest BCUT2D eigenvalue weighted by Crippen LogP contribution is -2.29. The van der Waals surface area contributed by atoms with E-state index in [4.69, 9.17) is 0 Å². The molecule has 0 atom stereocenters. The van der Waals surface area contributed by atoms with Crippen molar-refractivity contribution in [2.24, 2.45) is 0 Å². The average molecular weight is 328 g/mol. The Balaban J connectivity index is 0.00000147. The van der Waals surface area contributed by atoms with Crippen LogP contribution in [0.3, 0.4) is 0 Å². The Morgan fingerprint density at radius 1 is 1.25 bits per heavy atom. The molecule has 0 radical (unpaired) electrons. The van der Waals surface area contributed by atoms with Crippen molar-refractivity contribution < 1.29 is 0 Å². The van der Waals surface area contributed by atoms with Crippen LogP contribution in [0.1, 0.15) is 18.4 Å². The number of nitrogens with one attached hydrogen (secondary N) is 1. The molecule has 3 rings (SSSR count). The van der Waals surface area contributed by atoms with Crippen LogP contribution >= 0.6 is 35.5 Å². The molecule has 0 saturated carbocycles. The SMILES string of the molecule is Cc1cccc(-c2nnc(SC3CCNCC3)s2)c1.Cl. The molecule has 2 aromatic rings. The third kappa shape index (κ3) is 3.95. The molecular formula is C14H18ClN3S2. The summed E-state index contributed by atoms with van der Waals surface area (Å²) in [6.45, 7) is 4.36. The first-order valence-electron chi connectivity index (χ1n) is 6.59. The molecule has 1 aliphatic rings. The summed E-state index contributed by atoms with van der Waals surface area (Å²) in [4.78, 5) is 0. The van der Waals surface area contributed by atoms with Crippen LogP contribution in [0.4, 0.5) is 0 Å². The van der Waals surface area contributed by atoms with E-state index >= 15 is 0 Å². The van der Waals surface area contributed by atoms with Gasteiger partial charge < -0.3 is 5.32 Å². The Hall–Kier alpha value is -0.620. The van der Waals surface area contributed by atoms with Crippen LogP contribution in [0.2, 0.25) is 0 Å². The molecule has 2 heterocycles. The monoisotopic (exact) mass is 327 g/mol. The lowest BCUT2D eigenvalue weighted by molar-refractivity contribution is 0.531. The lowest BCUT2D eigenvalue weighted by Gasteiger charge is -2.20. The Kier molecular flexibility index (Phi) is 5.84. The van der Waals surface area contributed by atoms with Gasteiger partial charge in [-0.15, -0.1) is 22.6 Å². The van der Waals surface area contributed by atoms with Gasteiger partial charge in [0.15, 0.2) is 4.34 Å². The Morgan fingerprint density at radius 3 is 2.80 bits per heavy atom. The van der Waals surface area contributed by atoms with Gasteiger partial charge in [-0.25, -0.2) is 0 Å². The second kappa shape index (κ2) is 7.41. The first-order valence-corrected chi connectivity index (χ1v) is 8.29. The summed E-state index contributed by atoms with van der Waals surface area (Å²) in [6, 6.07) is 8.45. The summed E-state index contributed by atoms with van der Waals surface area (Å²) in [7, 11) is 0. The second-order valence-corrected chi connectivity index (χ2v) is 7.33. The van der Waals surface area contributed by atoms with E-state index in [-0.39, 0.29) is 12.4 Å². The van der Waals surface area contributed by atoms with Gasteiger partial charge in [0.25, 0.3) is 0 Å². The van der Waals surface area contributed by atoms with Crippen LogP contribution in [-0.2, 0) is 0 Å². The number of aryl methyl sites for hydroxylation is 1. The van der Waals surface area contributed by atoms with E-state index in [0.29, 0.717) is 5.25 Å². The zero-order valence-electron chi connectivity index (χ0n) is 11.3. The summed E-state index contributed by atoms with van der Waals surface area (Å²) < 4.78 is 1.10. The van der Waals surface area contributed by atoms with Crippen molar-refractivity contribution in [3.63, 3.8) is 0 Å². The fraction of sp³-hybridized carbons (Fsp3) is 0.429. The molecular weight excluding hydrogens is 310 g/mol. The van der Waals surface area contributed by atoms with Gasteiger partial charge in [0.2, 0.25) is 0 Å². The molecule has 6 heteroatoms. The Labute approximate surface area is 134 Å². The van der Waals surface area contributed by atoms with Crippen molar-refractivity contribution in [1.29, 1.82) is 0 Å². The highest BCUT2D eigenvalue weighted by molar-refractivity contribution is 8.01. The van der Waals surface area contributed by atoms with Crippen LogP contribution in [0, 0.1) is 6.92 Å². The van der Waals surface area contributed by atoms with Crippen molar-refractivity contribution >= 4 is 35.5 Å². The molecule has 0 spiro atoms. The zero-order valence-corrected chi connectivity index (χ0v) is 13.8. The largest absolute Gasteiger partial charge is 0.317 e. The maximum absolute atomic E-state index is 4.33. The smallest absolute Gasteiger partial charge is 0.174 e. The minimum atomic E-state index is 0. The van der Waals surface area contributed by atoms with E-state index in [1.54, 1.807) is 11.3 Å². The summed E-state index contributed by atoms with van der Waals surface area (Å²) in [5, 5.41) is 13.8. The van der Waals surface area contributed by atoms with Crippen molar-refractivity contribution in [3.05, 3.63) is 29.8 Å². The molecule has 1 N–H and O–H groups in total. The third-order valence-electron chi connectivity index (χ3n) is 3.23. The van der Waals surface area contributed by atoms with E-state index in [9.17, 15) is 0 Å². The number of aromatic nitrogens is 2. The van der Waals surface area contributed by atoms with Crippen LogP contribution < -0.4 is 5.32 Å². The zero-order chi connectivity index (χ0) is 13.1. The molecule has 1 aliphatic heterocycles. The summed E-state index contributed by atoms with van der Waals surface area (Å²) in [6.07, 6.45) is 2.45. The van der Waals surface area contributed by atoms with E-state index in [1.807, 2.05) is 11.8 Å². The van der Waals surface area contributed by atoms with Crippen molar-refractivity contribution in [1.82, 2.24) is 15.5 Å². The number of nitrogens with zero attached hydrogens (tertiary/aromatic N) is 2. The first kappa shape index (κ1) is 15.8. The molecule has 0 amide bonds. The van der Waals surface area contributed by atoms with Gasteiger partial charge in [0.05, 0.1) is 0 Å². The van der Waals surface area contributed by atoms with Gasteiger partial charge in [0, 0.05) is 10.8 Å². The van der Waals surface area contributed by atoms with E-state index < -0.39 is 0 Å². The molecule has 108 valence electrons. The summed E-state index contributed by atoms with van der Waals surface area (Å²) in [5.41, 5.74) is 2.44. The summed E-state index contributed by atoms with van der Waals surface area (Å²) >= 11 is 3.60.